The largest absolute Gasteiger partial charge is 0.350 e. The first-order chi connectivity index (χ1) is 11.5. The third-order valence-electron chi connectivity index (χ3n) is 3.29. The van der Waals surface area contributed by atoms with E-state index in [2.05, 4.69) is 15.5 Å². The number of nitro groups is 1. The number of carbonyl (C=O) groups is 1. The maximum Gasteiger partial charge on any atom is 0.287 e. The van der Waals surface area contributed by atoms with E-state index in [-0.39, 0.29) is 5.69 Å². The van der Waals surface area contributed by atoms with Crippen molar-refractivity contribution in [3.63, 3.8) is 0 Å². The standard InChI is InChI=1S/C16H11ClN4O3/c17-12-4-5-14-11(7-12)8-15(19-14)16(22)20-18-9-10-2-1-3-13(6-10)21(23)24/h1-9,19H,(H,20,22)/b18-9+. The van der Waals surface area contributed by atoms with Gasteiger partial charge in [-0.15, -0.1) is 0 Å². The number of rotatable bonds is 4. The number of H-pyrrole nitrogens is 1. The van der Waals surface area contributed by atoms with Gasteiger partial charge in [0.15, 0.2) is 0 Å². The number of nitro benzene ring substituents is 1. The molecular weight excluding hydrogens is 332 g/mol. The fourth-order valence-corrected chi connectivity index (χ4v) is 2.35. The van der Waals surface area contributed by atoms with Crippen LogP contribution in [-0.2, 0) is 0 Å². The zero-order valence-electron chi connectivity index (χ0n) is 12.2. The summed E-state index contributed by atoms with van der Waals surface area (Å²) in [5.41, 5.74) is 3.95. The molecule has 3 aromatic rings. The van der Waals surface area contributed by atoms with Crippen molar-refractivity contribution in [2.45, 2.75) is 0 Å². The maximum absolute atomic E-state index is 12.1. The lowest BCUT2D eigenvalue weighted by atomic mass is 10.2. The Labute approximate surface area is 141 Å². The van der Waals surface area contributed by atoms with E-state index >= 15 is 0 Å². The molecular formula is C16H11ClN4O3. The summed E-state index contributed by atoms with van der Waals surface area (Å²) in [5.74, 6) is -0.427. The number of hydrogen-bond acceptors (Lipinski definition) is 4. The summed E-state index contributed by atoms with van der Waals surface area (Å²) < 4.78 is 0. The first-order valence-corrected chi connectivity index (χ1v) is 7.27. The molecule has 0 fully saturated rings. The minimum absolute atomic E-state index is 0.0437. The second-order valence-electron chi connectivity index (χ2n) is 4.97. The Kier molecular flexibility index (Phi) is 4.26. The summed E-state index contributed by atoms with van der Waals surface area (Å²) in [6.45, 7) is 0. The van der Waals surface area contributed by atoms with Gasteiger partial charge in [-0.05, 0) is 24.3 Å². The third-order valence-corrected chi connectivity index (χ3v) is 3.52. The second kappa shape index (κ2) is 6.51. The number of nitrogens with one attached hydrogen (secondary N) is 2. The van der Waals surface area contributed by atoms with E-state index in [4.69, 9.17) is 11.6 Å². The van der Waals surface area contributed by atoms with Gasteiger partial charge in [0.05, 0.1) is 11.1 Å². The molecule has 7 nitrogen and oxygen atoms in total. The van der Waals surface area contributed by atoms with E-state index in [1.165, 1.54) is 18.3 Å². The average molecular weight is 343 g/mol. The van der Waals surface area contributed by atoms with Gasteiger partial charge in [0, 0.05) is 33.6 Å². The zero-order valence-corrected chi connectivity index (χ0v) is 12.9. The van der Waals surface area contributed by atoms with Crippen molar-refractivity contribution in [2.75, 3.05) is 0 Å². The van der Waals surface area contributed by atoms with Gasteiger partial charge >= 0.3 is 0 Å². The number of aromatic nitrogens is 1. The summed E-state index contributed by atoms with van der Waals surface area (Å²) in [6, 6.07) is 12.8. The molecule has 0 bridgehead atoms. The Bertz CT molecular complexity index is 965. The van der Waals surface area contributed by atoms with Crippen LogP contribution in [0.4, 0.5) is 5.69 Å². The van der Waals surface area contributed by atoms with Crippen molar-refractivity contribution in [3.05, 3.63) is 74.9 Å². The van der Waals surface area contributed by atoms with Crippen LogP contribution in [0.15, 0.2) is 53.6 Å². The van der Waals surface area contributed by atoms with Crippen LogP contribution in [0, 0.1) is 10.1 Å². The minimum Gasteiger partial charge on any atom is -0.350 e. The summed E-state index contributed by atoms with van der Waals surface area (Å²) >= 11 is 5.91. The van der Waals surface area contributed by atoms with E-state index in [1.807, 2.05) is 0 Å². The molecule has 120 valence electrons. The SMILES string of the molecule is O=C(N/N=C/c1cccc([N+](=O)[O-])c1)c1cc2cc(Cl)ccc2[nH]1. The number of fused-ring (bicyclic) bond motifs is 1. The second-order valence-corrected chi connectivity index (χ2v) is 5.40. The molecule has 0 saturated heterocycles. The number of halogens is 1. The average Bonchev–Trinajstić information content (AvgIpc) is 2.98. The summed E-state index contributed by atoms with van der Waals surface area (Å²) in [5, 5.41) is 15.9. The van der Waals surface area contributed by atoms with Gasteiger partial charge in [-0.25, -0.2) is 5.43 Å². The van der Waals surface area contributed by atoms with E-state index in [9.17, 15) is 14.9 Å². The number of hydrogen-bond donors (Lipinski definition) is 2. The molecule has 3 rings (SSSR count). The maximum atomic E-state index is 12.1. The molecule has 8 heteroatoms. The number of benzene rings is 2. The number of aromatic amines is 1. The van der Waals surface area contributed by atoms with Crippen LogP contribution in [0.25, 0.3) is 10.9 Å². The molecule has 2 N–H and O–H groups in total. The fourth-order valence-electron chi connectivity index (χ4n) is 2.17. The molecule has 24 heavy (non-hydrogen) atoms. The van der Waals surface area contributed by atoms with Gasteiger partial charge in [-0.3, -0.25) is 14.9 Å². The molecule has 0 unspecified atom stereocenters. The Morgan fingerprint density at radius 1 is 1.25 bits per heavy atom. The normalized spacial score (nSPS) is 11.0. The highest BCUT2D eigenvalue weighted by Crippen LogP contribution is 2.20. The van der Waals surface area contributed by atoms with Gasteiger partial charge in [-0.1, -0.05) is 23.7 Å². The number of non-ortho nitro benzene ring substituents is 1. The molecule has 0 radical (unpaired) electrons. The van der Waals surface area contributed by atoms with Crippen molar-refractivity contribution in [1.82, 2.24) is 10.4 Å². The molecule has 2 aromatic carbocycles. The van der Waals surface area contributed by atoms with Crippen LogP contribution in [0.1, 0.15) is 16.1 Å². The highest BCUT2D eigenvalue weighted by molar-refractivity contribution is 6.31. The van der Waals surface area contributed by atoms with Crippen molar-refractivity contribution in [1.29, 1.82) is 0 Å². The lowest BCUT2D eigenvalue weighted by Crippen LogP contribution is -2.17. The highest BCUT2D eigenvalue weighted by Gasteiger charge is 2.09. The lowest BCUT2D eigenvalue weighted by molar-refractivity contribution is -0.384. The summed E-state index contributed by atoms with van der Waals surface area (Å²) in [4.78, 5) is 25.2. The molecule has 0 aliphatic carbocycles. The Hall–Kier alpha value is -3.19. The zero-order chi connectivity index (χ0) is 17.1. The molecule has 0 saturated carbocycles. The molecule has 1 amide bonds. The van der Waals surface area contributed by atoms with Crippen LogP contribution in [-0.4, -0.2) is 22.0 Å². The van der Waals surface area contributed by atoms with Crippen molar-refractivity contribution in [3.8, 4) is 0 Å². The van der Waals surface area contributed by atoms with Gasteiger partial charge < -0.3 is 4.98 Å². The molecule has 1 aromatic heterocycles. The molecule has 0 aliphatic heterocycles. The Balaban J connectivity index is 1.72. The van der Waals surface area contributed by atoms with E-state index in [0.717, 1.165) is 10.9 Å². The molecule has 0 atom stereocenters. The predicted molar refractivity (Wildman–Crippen MR) is 91.5 cm³/mol. The van der Waals surface area contributed by atoms with Crippen molar-refractivity contribution < 1.29 is 9.72 Å². The quantitative estimate of drug-likeness (QED) is 0.431. The minimum atomic E-state index is -0.495. The number of hydrazone groups is 1. The molecule has 1 heterocycles. The Morgan fingerprint density at radius 3 is 2.88 bits per heavy atom. The Morgan fingerprint density at radius 2 is 2.08 bits per heavy atom. The number of carbonyl (C=O) groups excluding carboxylic acids is 1. The van der Waals surface area contributed by atoms with Crippen LogP contribution in [0.3, 0.4) is 0 Å². The third kappa shape index (κ3) is 3.41. The highest BCUT2D eigenvalue weighted by atomic mass is 35.5. The van der Waals surface area contributed by atoms with Crippen LogP contribution < -0.4 is 5.43 Å². The van der Waals surface area contributed by atoms with Gasteiger partial charge in [-0.2, -0.15) is 5.10 Å². The van der Waals surface area contributed by atoms with Gasteiger partial charge in [0.2, 0.25) is 0 Å². The molecule has 0 aliphatic rings. The monoisotopic (exact) mass is 342 g/mol. The summed E-state index contributed by atoms with van der Waals surface area (Å²) in [6.07, 6.45) is 1.34. The lowest BCUT2D eigenvalue weighted by Gasteiger charge is -1.97. The van der Waals surface area contributed by atoms with Crippen LogP contribution >= 0.6 is 11.6 Å². The van der Waals surface area contributed by atoms with E-state index < -0.39 is 10.8 Å². The van der Waals surface area contributed by atoms with Gasteiger partial charge in [0.25, 0.3) is 11.6 Å². The first-order valence-electron chi connectivity index (χ1n) is 6.89. The van der Waals surface area contributed by atoms with Gasteiger partial charge in [0.1, 0.15) is 5.69 Å². The van der Waals surface area contributed by atoms with E-state index in [0.29, 0.717) is 16.3 Å². The topological polar surface area (TPSA) is 100 Å². The molecule has 0 spiro atoms. The van der Waals surface area contributed by atoms with Crippen molar-refractivity contribution >= 4 is 40.3 Å². The number of nitrogens with zero attached hydrogens (tertiary/aromatic N) is 2. The van der Waals surface area contributed by atoms with Crippen LogP contribution in [0.5, 0.6) is 0 Å². The first kappa shape index (κ1) is 15.7. The van der Waals surface area contributed by atoms with E-state index in [1.54, 1.807) is 36.4 Å². The van der Waals surface area contributed by atoms with Crippen LogP contribution in [0.2, 0.25) is 5.02 Å². The van der Waals surface area contributed by atoms with Crippen molar-refractivity contribution in [2.24, 2.45) is 5.10 Å². The predicted octanol–water partition coefficient (Wildman–Crippen LogP) is 3.49. The summed E-state index contributed by atoms with van der Waals surface area (Å²) in [7, 11) is 0. The smallest absolute Gasteiger partial charge is 0.287 e. The number of amides is 1. The fraction of sp³-hybridized carbons (Fsp3) is 0.